The maximum atomic E-state index is 11.9. The van der Waals surface area contributed by atoms with Gasteiger partial charge in [0.05, 0.1) is 0 Å². The van der Waals surface area contributed by atoms with Gasteiger partial charge in [-0.3, -0.25) is 9.59 Å². The molecule has 106 valence electrons. The Bertz CT molecular complexity index is 396. The van der Waals surface area contributed by atoms with Crippen LogP contribution in [-0.4, -0.2) is 46.9 Å². The highest BCUT2D eigenvalue weighted by Gasteiger charge is 2.39. The van der Waals surface area contributed by atoms with Crippen LogP contribution in [-0.2, 0) is 14.4 Å². The van der Waals surface area contributed by atoms with E-state index in [1.54, 1.807) is 0 Å². The molecule has 0 aromatic carbocycles. The van der Waals surface area contributed by atoms with Crippen molar-refractivity contribution < 1.29 is 19.5 Å². The minimum Gasteiger partial charge on any atom is -0.480 e. The lowest BCUT2D eigenvalue weighted by Gasteiger charge is -2.21. The van der Waals surface area contributed by atoms with Crippen LogP contribution in [0, 0.1) is 11.8 Å². The summed E-state index contributed by atoms with van der Waals surface area (Å²) in [6.45, 7) is 2.82. The second-order valence-electron chi connectivity index (χ2n) is 5.44. The lowest BCUT2D eigenvalue weighted by molar-refractivity contribution is -0.148. The summed E-state index contributed by atoms with van der Waals surface area (Å²) < 4.78 is 0. The van der Waals surface area contributed by atoms with Crippen LogP contribution in [0.1, 0.15) is 32.6 Å². The molecule has 0 spiro atoms. The quantitative estimate of drug-likeness (QED) is 0.747. The van der Waals surface area contributed by atoms with Gasteiger partial charge in [0, 0.05) is 25.4 Å². The molecule has 1 saturated carbocycles. The van der Waals surface area contributed by atoms with Gasteiger partial charge in [-0.05, 0) is 25.2 Å². The largest absolute Gasteiger partial charge is 0.480 e. The molecule has 3 atom stereocenters. The maximum absolute atomic E-state index is 11.9. The molecule has 2 N–H and O–H groups in total. The number of carbonyl (C=O) groups excluding carboxylic acids is 2. The minimum atomic E-state index is -0.943. The topological polar surface area (TPSA) is 86.7 Å². The third kappa shape index (κ3) is 3.24. The van der Waals surface area contributed by atoms with Crippen molar-refractivity contribution in [2.45, 2.75) is 38.6 Å². The summed E-state index contributed by atoms with van der Waals surface area (Å²) in [4.78, 5) is 35.8. The van der Waals surface area contributed by atoms with Crippen LogP contribution in [0.4, 0.5) is 0 Å². The van der Waals surface area contributed by atoms with E-state index in [1.807, 2.05) is 6.92 Å². The number of amides is 2. The monoisotopic (exact) mass is 268 g/mol. The summed E-state index contributed by atoms with van der Waals surface area (Å²) in [5.74, 6) is -0.563. The lowest BCUT2D eigenvalue weighted by Crippen LogP contribution is -2.41. The van der Waals surface area contributed by atoms with E-state index in [9.17, 15) is 14.4 Å². The molecule has 1 saturated heterocycles. The molecule has 2 amide bonds. The van der Waals surface area contributed by atoms with Crippen molar-refractivity contribution in [3.05, 3.63) is 0 Å². The van der Waals surface area contributed by atoms with E-state index in [0.29, 0.717) is 25.4 Å². The molecule has 0 radical (unpaired) electrons. The molecular weight excluding hydrogens is 248 g/mol. The van der Waals surface area contributed by atoms with Gasteiger partial charge < -0.3 is 15.3 Å². The van der Waals surface area contributed by atoms with Crippen molar-refractivity contribution in [3.8, 4) is 0 Å². The number of hydrogen-bond acceptors (Lipinski definition) is 3. The Morgan fingerprint density at radius 1 is 1.37 bits per heavy atom. The molecular formula is C13H20N2O4. The van der Waals surface area contributed by atoms with Crippen LogP contribution in [0.3, 0.4) is 0 Å². The van der Waals surface area contributed by atoms with Gasteiger partial charge in [-0.2, -0.15) is 0 Å². The Balaban J connectivity index is 1.72. The van der Waals surface area contributed by atoms with Crippen LogP contribution in [0.15, 0.2) is 0 Å². The number of rotatable bonds is 5. The summed E-state index contributed by atoms with van der Waals surface area (Å²) in [6.07, 6.45) is 2.35. The Labute approximate surface area is 112 Å². The van der Waals surface area contributed by atoms with E-state index >= 15 is 0 Å². The lowest BCUT2D eigenvalue weighted by atomic mass is 10.2. The summed E-state index contributed by atoms with van der Waals surface area (Å²) in [5.41, 5.74) is 0. The standard InChI is InChI=1S/C13H20N2O4/c1-8-7-9(8)12(17)14-5-4-11(16)15-6-2-3-10(15)13(18)19/h8-10H,2-7H2,1H3,(H,14,17)(H,18,19)/t8?,9?,10-/m1/s1. The van der Waals surface area contributed by atoms with E-state index in [-0.39, 0.29) is 24.2 Å². The first kappa shape index (κ1) is 13.8. The fourth-order valence-corrected chi connectivity index (χ4v) is 2.58. The van der Waals surface area contributed by atoms with Crippen molar-refractivity contribution in [1.82, 2.24) is 10.2 Å². The van der Waals surface area contributed by atoms with Crippen molar-refractivity contribution in [3.63, 3.8) is 0 Å². The van der Waals surface area contributed by atoms with Gasteiger partial charge in [0.15, 0.2) is 0 Å². The highest BCUT2D eigenvalue weighted by Crippen LogP contribution is 2.37. The first-order chi connectivity index (χ1) is 9.00. The smallest absolute Gasteiger partial charge is 0.326 e. The zero-order valence-electron chi connectivity index (χ0n) is 11.1. The Morgan fingerprint density at radius 2 is 2.05 bits per heavy atom. The van der Waals surface area contributed by atoms with Gasteiger partial charge in [0.2, 0.25) is 11.8 Å². The molecule has 0 bridgehead atoms. The molecule has 1 aliphatic carbocycles. The van der Waals surface area contributed by atoms with Crippen molar-refractivity contribution in [1.29, 1.82) is 0 Å². The molecule has 0 aromatic heterocycles. The van der Waals surface area contributed by atoms with Crippen molar-refractivity contribution in [2.24, 2.45) is 11.8 Å². The van der Waals surface area contributed by atoms with Gasteiger partial charge in [0.1, 0.15) is 6.04 Å². The number of likely N-dealkylation sites (tertiary alicyclic amines) is 1. The summed E-state index contributed by atoms with van der Waals surface area (Å²) in [7, 11) is 0. The van der Waals surface area contributed by atoms with E-state index in [4.69, 9.17) is 5.11 Å². The highest BCUT2D eigenvalue weighted by atomic mass is 16.4. The number of aliphatic carboxylic acids is 1. The molecule has 6 heteroatoms. The Morgan fingerprint density at radius 3 is 2.63 bits per heavy atom. The number of nitrogens with one attached hydrogen (secondary N) is 1. The Kier molecular flexibility index (Phi) is 4.07. The molecule has 1 aliphatic heterocycles. The number of carboxylic acids is 1. The summed E-state index contributed by atoms with van der Waals surface area (Å²) in [6, 6.07) is -0.688. The summed E-state index contributed by atoms with van der Waals surface area (Å²) >= 11 is 0. The van der Waals surface area contributed by atoms with Crippen LogP contribution < -0.4 is 5.32 Å². The molecule has 0 aromatic rings. The molecule has 2 unspecified atom stereocenters. The maximum Gasteiger partial charge on any atom is 0.326 e. The second kappa shape index (κ2) is 5.59. The van der Waals surface area contributed by atoms with Gasteiger partial charge in [-0.15, -0.1) is 0 Å². The molecule has 2 aliphatic rings. The number of nitrogens with zero attached hydrogens (tertiary/aromatic N) is 1. The number of carbonyl (C=O) groups is 3. The van der Waals surface area contributed by atoms with Crippen LogP contribution in [0.25, 0.3) is 0 Å². The first-order valence-electron chi connectivity index (χ1n) is 6.80. The minimum absolute atomic E-state index is 0.0107. The van der Waals surface area contributed by atoms with E-state index in [0.717, 1.165) is 12.8 Å². The first-order valence-corrected chi connectivity index (χ1v) is 6.80. The number of hydrogen-bond donors (Lipinski definition) is 2. The van der Waals surface area contributed by atoms with Gasteiger partial charge in [0.25, 0.3) is 0 Å². The fraction of sp³-hybridized carbons (Fsp3) is 0.769. The normalized spacial score (nSPS) is 29.1. The van der Waals surface area contributed by atoms with Gasteiger partial charge in [-0.1, -0.05) is 6.92 Å². The van der Waals surface area contributed by atoms with E-state index < -0.39 is 12.0 Å². The molecule has 19 heavy (non-hydrogen) atoms. The average Bonchev–Trinajstić information content (AvgIpc) is 2.91. The molecule has 2 rings (SSSR count). The van der Waals surface area contributed by atoms with E-state index in [1.165, 1.54) is 4.90 Å². The van der Waals surface area contributed by atoms with Crippen LogP contribution in [0.5, 0.6) is 0 Å². The predicted octanol–water partition coefficient (Wildman–Crippen LogP) is 0.224. The summed E-state index contributed by atoms with van der Waals surface area (Å²) in [5, 5.41) is 11.7. The third-order valence-corrected chi connectivity index (χ3v) is 3.94. The SMILES string of the molecule is CC1CC1C(=O)NCCC(=O)N1CCC[C@@H]1C(=O)O. The number of carboxylic acid groups (broad SMARTS) is 1. The van der Waals surface area contributed by atoms with Crippen molar-refractivity contribution >= 4 is 17.8 Å². The molecule has 2 fully saturated rings. The fourth-order valence-electron chi connectivity index (χ4n) is 2.58. The average molecular weight is 268 g/mol. The Hall–Kier alpha value is -1.59. The van der Waals surface area contributed by atoms with E-state index in [2.05, 4.69) is 5.32 Å². The van der Waals surface area contributed by atoms with Crippen LogP contribution in [0.2, 0.25) is 0 Å². The zero-order valence-corrected chi connectivity index (χ0v) is 11.1. The zero-order chi connectivity index (χ0) is 14.0. The van der Waals surface area contributed by atoms with Crippen LogP contribution >= 0.6 is 0 Å². The molecule has 1 heterocycles. The predicted molar refractivity (Wildman–Crippen MR) is 67.3 cm³/mol. The van der Waals surface area contributed by atoms with Gasteiger partial charge >= 0.3 is 5.97 Å². The highest BCUT2D eigenvalue weighted by molar-refractivity contribution is 5.85. The van der Waals surface area contributed by atoms with Gasteiger partial charge in [-0.25, -0.2) is 4.79 Å². The molecule has 6 nitrogen and oxygen atoms in total. The van der Waals surface area contributed by atoms with Crippen molar-refractivity contribution in [2.75, 3.05) is 13.1 Å². The third-order valence-electron chi connectivity index (χ3n) is 3.94. The second-order valence-corrected chi connectivity index (χ2v) is 5.44.